The summed E-state index contributed by atoms with van der Waals surface area (Å²) >= 11 is 0. The molecule has 0 radical (unpaired) electrons. The summed E-state index contributed by atoms with van der Waals surface area (Å²) in [6, 6.07) is 19.7. The van der Waals surface area contributed by atoms with Gasteiger partial charge in [0.15, 0.2) is 0 Å². The number of H-pyrrole nitrogens is 1. The minimum atomic E-state index is -0.444. The van der Waals surface area contributed by atoms with Gasteiger partial charge in [-0.2, -0.15) is 0 Å². The van der Waals surface area contributed by atoms with Crippen LogP contribution in [-0.4, -0.2) is 30.5 Å². The first-order valence-corrected chi connectivity index (χ1v) is 10.6. The zero-order valence-corrected chi connectivity index (χ0v) is 18.5. The van der Waals surface area contributed by atoms with E-state index in [0.29, 0.717) is 18.5 Å². The van der Waals surface area contributed by atoms with Gasteiger partial charge in [-0.05, 0) is 66.9 Å². The molecule has 6 nitrogen and oxygen atoms in total. The average molecular weight is 445 g/mol. The van der Waals surface area contributed by atoms with Gasteiger partial charge in [0.05, 0.1) is 7.11 Å². The number of halogens is 1. The van der Waals surface area contributed by atoms with E-state index in [1.165, 1.54) is 6.07 Å². The Hall–Kier alpha value is -4.13. The van der Waals surface area contributed by atoms with Crippen LogP contribution >= 0.6 is 0 Å². The van der Waals surface area contributed by atoms with Crippen molar-refractivity contribution in [1.29, 1.82) is 0 Å². The topological polar surface area (TPSA) is 78.5 Å². The quantitative estimate of drug-likeness (QED) is 0.287. The molecular weight excluding hydrogens is 419 g/mol. The maximum absolute atomic E-state index is 13.9. The summed E-state index contributed by atoms with van der Waals surface area (Å²) in [7, 11) is 1.60. The smallest absolute Gasteiger partial charge is 0.258 e. The van der Waals surface area contributed by atoms with Gasteiger partial charge in [0.25, 0.3) is 5.91 Å². The third kappa shape index (κ3) is 5.38. The van der Waals surface area contributed by atoms with Crippen molar-refractivity contribution < 1.29 is 13.9 Å². The number of para-hydroxylation sites is 1. The largest absolute Gasteiger partial charge is 0.497 e. The first kappa shape index (κ1) is 22.1. The van der Waals surface area contributed by atoms with Crippen molar-refractivity contribution in [1.82, 2.24) is 10.3 Å². The number of aryl methyl sites for hydroxylation is 1. The molecule has 4 aromatic rings. The molecular formula is C26H25FN4O2. The molecule has 0 bridgehead atoms. The highest BCUT2D eigenvalue weighted by Crippen LogP contribution is 2.18. The molecule has 4 rings (SSSR count). The van der Waals surface area contributed by atoms with E-state index >= 15 is 0 Å². The van der Waals surface area contributed by atoms with Gasteiger partial charge in [-0.1, -0.05) is 24.3 Å². The van der Waals surface area contributed by atoms with Crippen LogP contribution in [0.4, 0.5) is 10.1 Å². The average Bonchev–Trinajstić information content (AvgIpc) is 3.24. The lowest BCUT2D eigenvalue weighted by atomic mass is 10.1. The van der Waals surface area contributed by atoms with Crippen molar-refractivity contribution in [3.63, 3.8) is 0 Å². The van der Waals surface area contributed by atoms with Crippen molar-refractivity contribution in [2.24, 2.45) is 4.99 Å². The molecule has 0 aliphatic carbocycles. The number of fused-ring (bicyclic) bond motifs is 1. The van der Waals surface area contributed by atoms with Crippen LogP contribution < -0.4 is 15.4 Å². The summed E-state index contributed by atoms with van der Waals surface area (Å²) < 4.78 is 19.1. The molecule has 168 valence electrons. The second-order valence-corrected chi connectivity index (χ2v) is 7.61. The third-order valence-electron chi connectivity index (χ3n) is 5.34. The number of rotatable bonds is 6. The van der Waals surface area contributed by atoms with E-state index in [0.717, 1.165) is 27.9 Å². The minimum absolute atomic E-state index is 0.221. The number of aromatic amines is 1. The summed E-state index contributed by atoms with van der Waals surface area (Å²) in [5, 5.41) is 7.05. The fourth-order valence-electron chi connectivity index (χ4n) is 3.46. The molecule has 1 aromatic heterocycles. The number of methoxy groups -OCH3 is 1. The van der Waals surface area contributed by atoms with E-state index in [2.05, 4.69) is 26.7 Å². The SMILES string of the molecule is COc1ccc(NC(=NCCc2c[nH]c3ccccc23)NC(=O)c2ccc(C)c(F)c2)cc1. The van der Waals surface area contributed by atoms with E-state index < -0.39 is 11.7 Å². The molecule has 3 aromatic carbocycles. The van der Waals surface area contributed by atoms with Gasteiger partial charge < -0.3 is 15.0 Å². The number of nitrogens with zero attached hydrogens (tertiary/aromatic N) is 1. The van der Waals surface area contributed by atoms with Gasteiger partial charge in [0.1, 0.15) is 11.6 Å². The number of anilines is 1. The minimum Gasteiger partial charge on any atom is -0.497 e. The predicted octanol–water partition coefficient (Wildman–Crippen LogP) is 5.06. The molecule has 0 saturated carbocycles. The second-order valence-electron chi connectivity index (χ2n) is 7.61. The molecule has 0 unspecified atom stereocenters. The van der Waals surface area contributed by atoms with E-state index in [1.54, 1.807) is 26.2 Å². The maximum Gasteiger partial charge on any atom is 0.258 e. The number of amides is 1. The number of hydrogen-bond donors (Lipinski definition) is 3. The van der Waals surface area contributed by atoms with Crippen LogP contribution in [0.2, 0.25) is 0 Å². The zero-order chi connectivity index (χ0) is 23.2. The number of carbonyl (C=O) groups is 1. The molecule has 0 aliphatic heterocycles. The molecule has 3 N–H and O–H groups in total. The lowest BCUT2D eigenvalue weighted by Gasteiger charge is -2.13. The lowest BCUT2D eigenvalue weighted by molar-refractivity contribution is 0.0976. The van der Waals surface area contributed by atoms with Gasteiger partial charge in [-0.3, -0.25) is 15.1 Å². The number of aliphatic imine (C=N–C) groups is 1. The second kappa shape index (κ2) is 9.99. The summed E-state index contributed by atoms with van der Waals surface area (Å²) in [6.07, 6.45) is 2.66. The lowest BCUT2D eigenvalue weighted by Crippen LogP contribution is -2.36. The van der Waals surface area contributed by atoms with Crippen LogP contribution in [0.5, 0.6) is 5.75 Å². The van der Waals surface area contributed by atoms with E-state index in [1.807, 2.05) is 48.7 Å². The Morgan fingerprint density at radius 3 is 2.64 bits per heavy atom. The van der Waals surface area contributed by atoms with Crippen molar-refractivity contribution in [3.05, 3.63) is 95.4 Å². The van der Waals surface area contributed by atoms with Crippen LogP contribution in [-0.2, 0) is 6.42 Å². The summed E-state index contributed by atoms with van der Waals surface area (Å²) in [5.41, 5.74) is 3.65. The third-order valence-corrected chi connectivity index (χ3v) is 5.34. The first-order chi connectivity index (χ1) is 16.0. The molecule has 1 amide bonds. The molecule has 0 saturated heterocycles. The number of benzene rings is 3. The number of carbonyl (C=O) groups excluding carboxylic acids is 1. The summed E-state index contributed by atoms with van der Waals surface area (Å²) in [5.74, 6) is 0.132. The van der Waals surface area contributed by atoms with Gasteiger partial charge in [0, 0.05) is 34.9 Å². The Kier molecular flexibility index (Phi) is 6.69. The highest BCUT2D eigenvalue weighted by Gasteiger charge is 2.12. The fourth-order valence-corrected chi connectivity index (χ4v) is 3.46. The molecule has 7 heteroatoms. The highest BCUT2D eigenvalue weighted by atomic mass is 19.1. The Bertz CT molecular complexity index is 1300. The van der Waals surface area contributed by atoms with E-state index in [9.17, 15) is 9.18 Å². The Labute approximate surface area is 191 Å². The van der Waals surface area contributed by atoms with Crippen molar-refractivity contribution in [2.75, 3.05) is 19.0 Å². The van der Waals surface area contributed by atoms with Gasteiger partial charge in [-0.25, -0.2) is 4.39 Å². The number of guanidine groups is 1. The van der Waals surface area contributed by atoms with E-state index in [-0.39, 0.29) is 11.5 Å². The fraction of sp³-hybridized carbons (Fsp3) is 0.154. The number of aromatic nitrogens is 1. The maximum atomic E-state index is 13.9. The van der Waals surface area contributed by atoms with Crippen LogP contribution in [0.1, 0.15) is 21.5 Å². The number of hydrogen-bond acceptors (Lipinski definition) is 3. The van der Waals surface area contributed by atoms with Crippen molar-refractivity contribution >= 4 is 28.5 Å². The van der Waals surface area contributed by atoms with Gasteiger partial charge in [0.2, 0.25) is 5.96 Å². The van der Waals surface area contributed by atoms with Crippen molar-refractivity contribution in [2.45, 2.75) is 13.3 Å². The Morgan fingerprint density at radius 1 is 1.09 bits per heavy atom. The zero-order valence-electron chi connectivity index (χ0n) is 18.5. The molecule has 33 heavy (non-hydrogen) atoms. The monoisotopic (exact) mass is 444 g/mol. The number of nitrogens with one attached hydrogen (secondary N) is 3. The molecule has 0 fully saturated rings. The Morgan fingerprint density at radius 2 is 1.88 bits per heavy atom. The molecule has 1 heterocycles. The van der Waals surface area contributed by atoms with E-state index in [4.69, 9.17) is 4.74 Å². The standard InChI is InChI=1S/C26H25FN4O2/c1-17-7-8-18(15-23(17)27)25(32)31-26(30-20-9-11-21(33-2)12-10-20)28-14-13-19-16-29-24-6-4-3-5-22(19)24/h3-12,15-16,29H,13-14H2,1-2H3,(H2,28,30,31,32). The van der Waals surface area contributed by atoms with Crippen LogP contribution in [0.25, 0.3) is 10.9 Å². The predicted molar refractivity (Wildman–Crippen MR) is 130 cm³/mol. The van der Waals surface area contributed by atoms with Crippen LogP contribution in [0.3, 0.4) is 0 Å². The van der Waals surface area contributed by atoms with Crippen LogP contribution in [0.15, 0.2) is 77.9 Å². The highest BCUT2D eigenvalue weighted by molar-refractivity contribution is 6.10. The molecule has 0 spiro atoms. The molecule has 0 aliphatic rings. The first-order valence-electron chi connectivity index (χ1n) is 10.6. The van der Waals surface area contributed by atoms with Gasteiger partial charge >= 0.3 is 0 Å². The summed E-state index contributed by atoms with van der Waals surface area (Å²) in [6.45, 7) is 2.10. The summed E-state index contributed by atoms with van der Waals surface area (Å²) in [4.78, 5) is 20.6. The molecule has 0 atom stereocenters. The van der Waals surface area contributed by atoms with Gasteiger partial charge in [-0.15, -0.1) is 0 Å². The number of ether oxygens (including phenoxy) is 1. The normalized spacial score (nSPS) is 11.4. The van der Waals surface area contributed by atoms with Crippen molar-refractivity contribution in [3.8, 4) is 5.75 Å². The Balaban J connectivity index is 1.52. The van der Waals surface area contributed by atoms with Crippen LogP contribution in [0, 0.1) is 12.7 Å².